The zero-order valence-corrected chi connectivity index (χ0v) is 18.3. The fourth-order valence-corrected chi connectivity index (χ4v) is 4.13. The Bertz CT molecular complexity index is 1510. The summed E-state index contributed by atoms with van der Waals surface area (Å²) < 4.78 is 30.1. The number of benzene rings is 4. The van der Waals surface area contributed by atoms with Gasteiger partial charge in [-0.1, -0.05) is 48.5 Å². The van der Waals surface area contributed by atoms with E-state index in [1.54, 1.807) is 24.3 Å². The minimum atomic E-state index is -4.20. The largest absolute Gasteiger partial charge is 0.379 e. The van der Waals surface area contributed by atoms with Gasteiger partial charge in [0.2, 0.25) is 0 Å². The molecule has 0 spiro atoms. The minimum absolute atomic E-state index is 0.0164. The molecule has 0 aliphatic heterocycles. The molecule has 10 heteroatoms. The monoisotopic (exact) mass is 475 g/mol. The van der Waals surface area contributed by atoms with E-state index in [4.69, 9.17) is 4.18 Å². The molecule has 34 heavy (non-hydrogen) atoms. The van der Waals surface area contributed by atoms with E-state index in [1.165, 1.54) is 18.3 Å². The van der Waals surface area contributed by atoms with Crippen molar-refractivity contribution in [3.63, 3.8) is 0 Å². The molecule has 0 atom stereocenters. The van der Waals surface area contributed by atoms with Crippen molar-refractivity contribution < 1.29 is 22.3 Å². The summed E-state index contributed by atoms with van der Waals surface area (Å²) in [5.41, 5.74) is 3.19. The summed E-state index contributed by atoms with van der Waals surface area (Å²) in [7, 11) is -4.20. The van der Waals surface area contributed by atoms with Gasteiger partial charge in [-0.05, 0) is 46.7 Å². The Balaban J connectivity index is 1.46. The van der Waals surface area contributed by atoms with Crippen molar-refractivity contribution in [3.8, 4) is 5.75 Å². The number of nitrogens with one attached hydrogen (secondary N) is 1. The number of nitro benzene ring substituents is 1. The molecular weight excluding hydrogens is 458 g/mol. The van der Waals surface area contributed by atoms with Gasteiger partial charge in [-0.2, -0.15) is 13.5 Å². The quantitative estimate of drug-likeness (QED) is 0.184. The fraction of sp³-hybridized carbons (Fsp3) is 0. The van der Waals surface area contributed by atoms with Gasteiger partial charge in [0.25, 0.3) is 11.6 Å². The normalized spacial score (nSPS) is 11.4. The van der Waals surface area contributed by atoms with Crippen LogP contribution in [0.15, 0.2) is 101 Å². The summed E-state index contributed by atoms with van der Waals surface area (Å²) in [5.74, 6) is -0.371. The summed E-state index contributed by atoms with van der Waals surface area (Å²) in [6.07, 6.45) is 1.36. The third-order valence-electron chi connectivity index (χ3n) is 4.81. The molecule has 0 saturated heterocycles. The average molecular weight is 475 g/mol. The zero-order chi connectivity index (χ0) is 24.1. The van der Waals surface area contributed by atoms with E-state index in [1.807, 2.05) is 30.3 Å². The number of nitro groups is 1. The lowest BCUT2D eigenvalue weighted by Crippen LogP contribution is -2.17. The summed E-state index contributed by atoms with van der Waals surface area (Å²) in [4.78, 5) is 22.5. The number of nitrogens with zero attached hydrogens (tertiary/aromatic N) is 2. The van der Waals surface area contributed by atoms with E-state index >= 15 is 0 Å². The van der Waals surface area contributed by atoms with Gasteiger partial charge in [0.1, 0.15) is 10.6 Å². The highest BCUT2D eigenvalue weighted by molar-refractivity contribution is 7.87. The second-order valence-corrected chi connectivity index (χ2v) is 8.63. The molecule has 1 amide bonds. The molecule has 4 rings (SSSR count). The van der Waals surface area contributed by atoms with Crippen molar-refractivity contribution in [2.45, 2.75) is 4.90 Å². The molecule has 4 aromatic rings. The summed E-state index contributed by atoms with van der Waals surface area (Å²) in [6.45, 7) is 0. The second kappa shape index (κ2) is 9.51. The molecule has 0 heterocycles. The highest BCUT2D eigenvalue weighted by Gasteiger charge is 2.18. The van der Waals surface area contributed by atoms with Gasteiger partial charge in [0, 0.05) is 17.7 Å². The lowest BCUT2D eigenvalue weighted by molar-refractivity contribution is -0.384. The molecule has 0 unspecified atom stereocenters. The van der Waals surface area contributed by atoms with Gasteiger partial charge in [0.15, 0.2) is 0 Å². The number of hydrogen-bond acceptors (Lipinski definition) is 7. The Kier molecular flexibility index (Phi) is 6.33. The van der Waals surface area contributed by atoms with Crippen LogP contribution in [0.3, 0.4) is 0 Å². The first kappa shape index (κ1) is 22.6. The van der Waals surface area contributed by atoms with Crippen LogP contribution in [0.4, 0.5) is 5.69 Å². The Morgan fingerprint density at radius 2 is 1.65 bits per heavy atom. The van der Waals surface area contributed by atoms with E-state index in [0.717, 1.165) is 35.0 Å². The molecule has 0 aliphatic rings. The van der Waals surface area contributed by atoms with Crippen molar-refractivity contribution in [2.75, 3.05) is 0 Å². The van der Waals surface area contributed by atoms with Crippen molar-refractivity contribution in [3.05, 3.63) is 112 Å². The number of carbonyl (C=O) groups is 1. The first-order chi connectivity index (χ1) is 16.3. The van der Waals surface area contributed by atoms with Gasteiger partial charge in [0.05, 0.1) is 11.1 Å². The number of rotatable bonds is 7. The first-order valence-electron chi connectivity index (χ1n) is 9.94. The highest BCUT2D eigenvalue weighted by Crippen LogP contribution is 2.22. The van der Waals surface area contributed by atoms with E-state index in [2.05, 4.69) is 10.5 Å². The first-order valence-corrected chi connectivity index (χ1v) is 11.3. The van der Waals surface area contributed by atoms with Gasteiger partial charge < -0.3 is 4.18 Å². The SMILES string of the molecule is O=C(N/N=C\c1cccc(OS(=O)(=O)c2ccc([N+](=O)[O-])cc2)c1)c1cccc2ccccc12. The predicted octanol–water partition coefficient (Wildman–Crippen LogP) is 4.28. The van der Waals surface area contributed by atoms with Crippen LogP contribution in [-0.2, 0) is 10.1 Å². The molecule has 0 aromatic heterocycles. The molecule has 1 N–H and O–H groups in total. The third kappa shape index (κ3) is 5.08. The molecule has 0 bridgehead atoms. The van der Waals surface area contributed by atoms with Gasteiger partial charge in [-0.25, -0.2) is 5.43 Å². The van der Waals surface area contributed by atoms with Gasteiger partial charge in [-0.15, -0.1) is 0 Å². The molecule has 0 saturated carbocycles. The number of non-ortho nitro benzene ring substituents is 1. The highest BCUT2D eigenvalue weighted by atomic mass is 32.2. The lowest BCUT2D eigenvalue weighted by Gasteiger charge is -2.07. The van der Waals surface area contributed by atoms with Crippen LogP contribution < -0.4 is 9.61 Å². The number of carbonyl (C=O) groups excluding carboxylic acids is 1. The molecule has 4 aromatic carbocycles. The smallest absolute Gasteiger partial charge is 0.339 e. The Morgan fingerprint density at radius 3 is 2.41 bits per heavy atom. The van der Waals surface area contributed by atoms with Crippen molar-refractivity contribution >= 4 is 38.7 Å². The average Bonchev–Trinajstić information content (AvgIpc) is 2.83. The van der Waals surface area contributed by atoms with Crippen LogP contribution in [0.5, 0.6) is 5.75 Å². The van der Waals surface area contributed by atoms with Crippen LogP contribution in [0.1, 0.15) is 15.9 Å². The summed E-state index contributed by atoms with van der Waals surface area (Å²) in [6, 6.07) is 23.3. The molecule has 170 valence electrons. The third-order valence-corrected chi connectivity index (χ3v) is 6.08. The Morgan fingerprint density at radius 1 is 0.941 bits per heavy atom. The fourth-order valence-electron chi connectivity index (χ4n) is 3.21. The topological polar surface area (TPSA) is 128 Å². The maximum absolute atomic E-state index is 12.6. The maximum atomic E-state index is 12.6. The summed E-state index contributed by atoms with van der Waals surface area (Å²) >= 11 is 0. The van der Waals surface area contributed by atoms with E-state index in [9.17, 15) is 23.3 Å². The predicted molar refractivity (Wildman–Crippen MR) is 126 cm³/mol. The number of hydrogen-bond donors (Lipinski definition) is 1. The molecule has 0 aliphatic carbocycles. The number of amides is 1. The van der Waals surface area contributed by atoms with Crippen LogP contribution in [0.2, 0.25) is 0 Å². The molecule has 0 radical (unpaired) electrons. The Labute approximate surface area is 194 Å². The van der Waals surface area contributed by atoms with Crippen LogP contribution in [0.25, 0.3) is 10.8 Å². The van der Waals surface area contributed by atoms with Crippen molar-refractivity contribution in [2.24, 2.45) is 5.10 Å². The minimum Gasteiger partial charge on any atom is -0.379 e. The van der Waals surface area contributed by atoms with Crippen molar-refractivity contribution in [1.29, 1.82) is 0 Å². The maximum Gasteiger partial charge on any atom is 0.339 e. The summed E-state index contributed by atoms with van der Waals surface area (Å²) in [5, 5.41) is 16.4. The van der Waals surface area contributed by atoms with E-state index in [0.29, 0.717) is 11.1 Å². The van der Waals surface area contributed by atoms with Gasteiger partial charge >= 0.3 is 10.1 Å². The lowest BCUT2D eigenvalue weighted by atomic mass is 10.0. The standard InChI is InChI=1S/C24H17N3O6S/c28-24(23-10-4-7-18-6-1-2-9-22(18)23)26-25-16-17-5-3-8-20(15-17)33-34(31,32)21-13-11-19(12-14-21)27(29)30/h1-16H,(H,26,28)/b25-16-. The van der Waals surface area contributed by atoms with Crippen molar-refractivity contribution in [1.82, 2.24) is 5.43 Å². The molecular formula is C24H17N3O6S. The van der Waals surface area contributed by atoms with Crippen LogP contribution in [-0.4, -0.2) is 25.5 Å². The number of hydrazone groups is 1. The number of fused-ring (bicyclic) bond motifs is 1. The molecule has 9 nitrogen and oxygen atoms in total. The van der Waals surface area contributed by atoms with Crippen LogP contribution >= 0.6 is 0 Å². The van der Waals surface area contributed by atoms with Crippen LogP contribution in [0, 0.1) is 10.1 Å². The zero-order valence-electron chi connectivity index (χ0n) is 17.5. The molecule has 0 fully saturated rings. The second-order valence-electron chi connectivity index (χ2n) is 7.09. The Hall–Kier alpha value is -4.57. The van der Waals surface area contributed by atoms with Gasteiger partial charge in [-0.3, -0.25) is 14.9 Å². The van der Waals surface area contributed by atoms with E-state index < -0.39 is 15.0 Å². The van der Waals surface area contributed by atoms with E-state index in [-0.39, 0.29) is 22.2 Å².